The number of nitrogens with one attached hydrogen (secondary N) is 2. The Kier molecular flexibility index (Phi) is 5.61. The predicted octanol–water partition coefficient (Wildman–Crippen LogP) is 0.761. The zero-order valence-electron chi connectivity index (χ0n) is 14.8. The molecule has 0 unspecified atom stereocenters. The highest BCUT2D eigenvalue weighted by molar-refractivity contribution is 5.91. The van der Waals surface area contributed by atoms with Crippen LogP contribution in [0.4, 0.5) is 5.82 Å². The molecule has 2 aromatic heterocycles. The van der Waals surface area contributed by atoms with Gasteiger partial charge in [-0.15, -0.1) is 0 Å². The van der Waals surface area contributed by atoms with Gasteiger partial charge in [-0.25, -0.2) is 0 Å². The van der Waals surface area contributed by atoms with E-state index >= 15 is 0 Å². The van der Waals surface area contributed by atoms with Crippen LogP contribution in [0.15, 0.2) is 15.1 Å². The molecular formula is C16H22N6O4. The summed E-state index contributed by atoms with van der Waals surface area (Å²) in [6.07, 6.45) is 2.07. The van der Waals surface area contributed by atoms with Crippen molar-refractivity contribution in [1.29, 1.82) is 0 Å². The van der Waals surface area contributed by atoms with Gasteiger partial charge < -0.3 is 19.7 Å². The van der Waals surface area contributed by atoms with Crippen molar-refractivity contribution in [3.8, 4) is 0 Å². The van der Waals surface area contributed by atoms with Gasteiger partial charge in [-0.2, -0.15) is 4.98 Å². The van der Waals surface area contributed by atoms with Crippen LogP contribution in [-0.4, -0.2) is 57.7 Å². The fraction of sp³-hybridized carbons (Fsp3) is 0.562. The van der Waals surface area contributed by atoms with Crippen molar-refractivity contribution in [2.75, 3.05) is 25.0 Å². The van der Waals surface area contributed by atoms with Gasteiger partial charge in [0.1, 0.15) is 5.76 Å². The van der Waals surface area contributed by atoms with Crippen LogP contribution >= 0.6 is 0 Å². The molecule has 2 aromatic rings. The fourth-order valence-corrected chi connectivity index (χ4v) is 3.00. The highest BCUT2D eigenvalue weighted by Gasteiger charge is 2.24. The summed E-state index contributed by atoms with van der Waals surface area (Å²) in [6, 6.07) is 1.93. The molecule has 1 aliphatic heterocycles. The Hall–Kier alpha value is -2.75. The van der Waals surface area contributed by atoms with E-state index in [4.69, 9.17) is 9.05 Å². The summed E-state index contributed by atoms with van der Waals surface area (Å²) < 4.78 is 9.81. The molecule has 2 N–H and O–H groups in total. The number of aryl methyl sites for hydroxylation is 1. The third-order valence-corrected chi connectivity index (χ3v) is 4.28. The number of likely N-dealkylation sites (tertiary alicyclic amines) is 1. The first-order chi connectivity index (χ1) is 12.5. The monoisotopic (exact) mass is 362 g/mol. The second kappa shape index (κ2) is 8.09. The standard InChI is InChI=1S/C16H22N6O4/c1-3-22-6-4-5-11(22)9-17-15(24)16-19-13(21-26-16)8-14(23)18-12-7-10(2)25-20-12/h7,11H,3-6,8-9H2,1-2H3,(H,17,24)(H,18,20,23)/t11-/m1/s1. The highest BCUT2D eigenvalue weighted by atomic mass is 16.5. The van der Waals surface area contributed by atoms with Gasteiger partial charge in [0.05, 0.1) is 6.42 Å². The molecule has 2 amide bonds. The maximum Gasteiger partial charge on any atom is 0.315 e. The Morgan fingerprint density at radius 2 is 2.19 bits per heavy atom. The van der Waals surface area contributed by atoms with E-state index in [0.29, 0.717) is 24.2 Å². The number of hydrogen-bond donors (Lipinski definition) is 2. The van der Waals surface area contributed by atoms with Crippen molar-refractivity contribution in [3.63, 3.8) is 0 Å². The van der Waals surface area contributed by atoms with E-state index in [-0.39, 0.29) is 24.0 Å². The van der Waals surface area contributed by atoms with E-state index in [1.165, 1.54) is 0 Å². The van der Waals surface area contributed by atoms with Gasteiger partial charge in [-0.1, -0.05) is 17.2 Å². The molecule has 0 aliphatic carbocycles. The molecule has 1 atom stereocenters. The van der Waals surface area contributed by atoms with E-state index < -0.39 is 5.91 Å². The molecule has 26 heavy (non-hydrogen) atoms. The minimum Gasteiger partial charge on any atom is -0.360 e. The first-order valence-electron chi connectivity index (χ1n) is 8.63. The number of rotatable bonds is 7. The Morgan fingerprint density at radius 1 is 1.35 bits per heavy atom. The lowest BCUT2D eigenvalue weighted by Gasteiger charge is -2.22. The van der Waals surface area contributed by atoms with Crippen LogP contribution in [0.3, 0.4) is 0 Å². The number of hydrogen-bond acceptors (Lipinski definition) is 8. The summed E-state index contributed by atoms with van der Waals surface area (Å²) in [5, 5.41) is 12.7. The average Bonchev–Trinajstić information content (AvgIpc) is 3.33. The van der Waals surface area contributed by atoms with Gasteiger partial charge in [-0.05, 0) is 32.9 Å². The molecule has 1 aliphatic rings. The molecule has 3 heterocycles. The number of aromatic nitrogens is 3. The highest BCUT2D eigenvalue weighted by Crippen LogP contribution is 2.15. The van der Waals surface area contributed by atoms with Crippen molar-refractivity contribution in [2.24, 2.45) is 0 Å². The van der Waals surface area contributed by atoms with Gasteiger partial charge in [0.25, 0.3) is 0 Å². The molecule has 0 spiro atoms. The predicted molar refractivity (Wildman–Crippen MR) is 90.5 cm³/mol. The maximum atomic E-state index is 12.1. The lowest BCUT2D eigenvalue weighted by Crippen LogP contribution is -2.40. The maximum absolute atomic E-state index is 12.1. The van der Waals surface area contributed by atoms with Gasteiger partial charge in [0.2, 0.25) is 5.91 Å². The fourth-order valence-electron chi connectivity index (χ4n) is 3.00. The summed E-state index contributed by atoms with van der Waals surface area (Å²) in [4.78, 5) is 30.4. The zero-order chi connectivity index (χ0) is 18.5. The number of carbonyl (C=O) groups is 2. The van der Waals surface area contributed by atoms with E-state index in [2.05, 4.69) is 37.8 Å². The number of nitrogens with zero attached hydrogens (tertiary/aromatic N) is 4. The Labute approximate surface area is 150 Å². The first-order valence-corrected chi connectivity index (χ1v) is 8.63. The van der Waals surface area contributed by atoms with Crippen LogP contribution < -0.4 is 10.6 Å². The summed E-state index contributed by atoms with van der Waals surface area (Å²) in [6.45, 7) is 6.39. The van der Waals surface area contributed by atoms with E-state index in [9.17, 15) is 9.59 Å². The van der Waals surface area contributed by atoms with Crippen LogP contribution in [0.1, 0.15) is 42.0 Å². The van der Waals surface area contributed by atoms with Crippen LogP contribution in [0.2, 0.25) is 0 Å². The Balaban J connectivity index is 1.49. The van der Waals surface area contributed by atoms with E-state index in [1.54, 1.807) is 13.0 Å². The summed E-state index contributed by atoms with van der Waals surface area (Å²) in [5.74, 6) is 0.0682. The van der Waals surface area contributed by atoms with Crippen LogP contribution in [-0.2, 0) is 11.2 Å². The van der Waals surface area contributed by atoms with Crippen LogP contribution in [0.5, 0.6) is 0 Å². The lowest BCUT2D eigenvalue weighted by atomic mass is 10.2. The van der Waals surface area contributed by atoms with Gasteiger partial charge in [0.15, 0.2) is 11.6 Å². The number of anilines is 1. The van der Waals surface area contributed by atoms with E-state index in [1.807, 2.05) is 0 Å². The van der Waals surface area contributed by atoms with Crippen LogP contribution in [0, 0.1) is 6.92 Å². The smallest absolute Gasteiger partial charge is 0.315 e. The second-order valence-electron chi connectivity index (χ2n) is 6.20. The molecule has 0 saturated carbocycles. The second-order valence-corrected chi connectivity index (χ2v) is 6.20. The molecule has 10 heteroatoms. The molecule has 0 radical (unpaired) electrons. The average molecular weight is 362 g/mol. The van der Waals surface area contributed by atoms with Crippen molar-refractivity contribution in [2.45, 2.75) is 39.2 Å². The molecule has 10 nitrogen and oxygen atoms in total. The van der Waals surface area contributed by atoms with E-state index in [0.717, 1.165) is 25.9 Å². The third-order valence-electron chi connectivity index (χ3n) is 4.28. The molecular weight excluding hydrogens is 340 g/mol. The first kappa shape index (κ1) is 18.1. The van der Waals surface area contributed by atoms with Crippen molar-refractivity contribution in [3.05, 3.63) is 23.5 Å². The SMILES string of the molecule is CCN1CCC[C@@H]1CNC(=O)c1nc(CC(=O)Nc2cc(C)on2)no1. The number of likely N-dealkylation sites (N-methyl/N-ethyl adjacent to an activating group) is 1. The molecule has 1 saturated heterocycles. The Bertz CT molecular complexity index is 770. The number of carbonyl (C=O) groups excluding carboxylic acids is 2. The quantitative estimate of drug-likeness (QED) is 0.739. The largest absolute Gasteiger partial charge is 0.360 e. The van der Waals surface area contributed by atoms with Gasteiger partial charge in [0, 0.05) is 18.7 Å². The van der Waals surface area contributed by atoms with Crippen LogP contribution in [0.25, 0.3) is 0 Å². The minimum absolute atomic E-state index is 0.129. The number of amides is 2. The summed E-state index contributed by atoms with van der Waals surface area (Å²) >= 11 is 0. The minimum atomic E-state index is -0.431. The molecule has 140 valence electrons. The zero-order valence-corrected chi connectivity index (χ0v) is 14.8. The van der Waals surface area contributed by atoms with Crippen molar-refractivity contribution >= 4 is 17.6 Å². The third kappa shape index (κ3) is 4.45. The van der Waals surface area contributed by atoms with Gasteiger partial charge >= 0.3 is 11.8 Å². The summed E-state index contributed by atoms with van der Waals surface area (Å²) in [7, 11) is 0. The molecule has 3 rings (SSSR count). The Morgan fingerprint density at radius 3 is 2.92 bits per heavy atom. The topological polar surface area (TPSA) is 126 Å². The lowest BCUT2D eigenvalue weighted by molar-refractivity contribution is -0.115. The summed E-state index contributed by atoms with van der Waals surface area (Å²) in [5.41, 5.74) is 0. The normalized spacial score (nSPS) is 17.4. The van der Waals surface area contributed by atoms with Gasteiger partial charge in [-0.3, -0.25) is 14.5 Å². The molecule has 1 fully saturated rings. The van der Waals surface area contributed by atoms with Crippen molar-refractivity contribution < 1.29 is 18.6 Å². The van der Waals surface area contributed by atoms with Crippen molar-refractivity contribution in [1.82, 2.24) is 25.5 Å². The molecule has 0 aromatic carbocycles. The molecule has 0 bridgehead atoms.